The van der Waals surface area contributed by atoms with E-state index in [1.54, 1.807) is 0 Å². The van der Waals surface area contributed by atoms with E-state index in [9.17, 15) is 18.7 Å². The maximum atomic E-state index is 13.5. The average molecular weight is 230 g/mol. The normalized spacial score (nSPS) is 11.5. The molecule has 0 spiro atoms. The Balaban J connectivity index is 3.27. The SMILES string of the molecule is CC(C)(CC(=O)O)c1c(O)cc(F)cc1F. The molecule has 2 N–H and O–H groups in total. The number of carboxylic acids is 1. The fraction of sp³-hybridized carbons (Fsp3) is 0.364. The van der Waals surface area contributed by atoms with E-state index >= 15 is 0 Å². The molecule has 3 nitrogen and oxygen atoms in total. The van der Waals surface area contributed by atoms with E-state index in [0.717, 1.165) is 6.07 Å². The quantitative estimate of drug-likeness (QED) is 0.838. The summed E-state index contributed by atoms with van der Waals surface area (Å²) >= 11 is 0. The predicted molar refractivity (Wildman–Crippen MR) is 53.3 cm³/mol. The number of carbonyl (C=O) groups is 1. The van der Waals surface area contributed by atoms with E-state index in [0.29, 0.717) is 6.07 Å². The molecule has 0 heterocycles. The van der Waals surface area contributed by atoms with Gasteiger partial charge < -0.3 is 10.2 Å². The van der Waals surface area contributed by atoms with Crippen molar-refractivity contribution in [2.45, 2.75) is 25.7 Å². The molecule has 1 aromatic carbocycles. The van der Waals surface area contributed by atoms with Crippen molar-refractivity contribution in [1.82, 2.24) is 0 Å². The molecule has 0 saturated carbocycles. The fourth-order valence-electron chi connectivity index (χ4n) is 1.70. The Bertz CT molecular complexity index is 404. The third kappa shape index (κ3) is 2.48. The topological polar surface area (TPSA) is 57.5 Å². The van der Waals surface area contributed by atoms with Crippen LogP contribution in [0.5, 0.6) is 5.75 Å². The van der Waals surface area contributed by atoms with Gasteiger partial charge in [0.1, 0.15) is 17.4 Å². The molecule has 0 aliphatic carbocycles. The van der Waals surface area contributed by atoms with Gasteiger partial charge in [-0.05, 0) is 0 Å². The van der Waals surface area contributed by atoms with Crippen molar-refractivity contribution >= 4 is 5.97 Å². The molecule has 16 heavy (non-hydrogen) atoms. The molecule has 0 saturated heterocycles. The molecule has 0 aromatic heterocycles. The van der Waals surface area contributed by atoms with E-state index in [1.807, 2.05) is 0 Å². The van der Waals surface area contributed by atoms with E-state index in [1.165, 1.54) is 13.8 Å². The van der Waals surface area contributed by atoms with Crippen LogP contribution in [0.25, 0.3) is 0 Å². The average Bonchev–Trinajstić information content (AvgIpc) is 1.96. The fourth-order valence-corrected chi connectivity index (χ4v) is 1.70. The second-order valence-corrected chi connectivity index (χ2v) is 4.24. The second kappa shape index (κ2) is 4.08. The van der Waals surface area contributed by atoms with Crippen LogP contribution in [0.2, 0.25) is 0 Å². The standard InChI is InChI=1S/C11H12F2O3/c1-11(2,5-9(15)16)10-7(13)3-6(12)4-8(10)14/h3-4,14H,5H2,1-2H3,(H,15,16). The first-order valence-corrected chi connectivity index (χ1v) is 4.64. The summed E-state index contributed by atoms with van der Waals surface area (Å²) < 4.78 is 26.2. The summed E-state index contributed by atoms with van der Waals surface area (Å²) in [6.45, 7) is 2.94. The highest BCUT2D eigenvalue weighted by Crippen LogP contribution is 2.36. The molecule has 0 atom stereocenters. The summed E-state index contributed by atoms with van der Waals surface area (Å²) in [5.41, 5.74) is -1.29. The molecular formula is C11H12F2O3. The van der Waals surface area contributed by atoms with Gasteiger partial charge in [-0.2, -0.15) is 0 Å². The van der Waals surface area contributed by atoms with Gasteiger partial charge in [0.2, 0.25) is 0 Å². The number of carboxylic acid groups (broad SMARTS) is 1. The number of hydrogen-bond donors (Lipinski definition) is 2. The molecule has 1 aromatic rings. The molecule has 0 fully saturated rings. The highest BCUT2D eigenvalue weighted by atomic mass is 19.1. The number of halogens is 2. The van der Waals surface area contributed by atoms with Gasteiger partial charge in [0.05, 0.1) is 6.42 Å². The van der Waals surface area contributed by atoms with Crippen LogP contribution < -0.4 is 0 Å². The first-order chi connectivity index (χ1) is 7.24. The predicted octanol–water partition coefficient (Wildman–Crippen LogP) is 2.42. The Kier molecular flexibility index (Phi) is 3.16. The first-order valence-electron chi connectivity index (χ1n) is 4.64. The minimum Gasteiger partial charge on any atom is -0.507 e. The lowest BCUT2D eigenvalue weighted by atomic mass is 9.80. The number of aliphatic carboxylic acids is 1. The number of phenolic OH excluding ortho intramolecular Hbond substituents is 1. The molecular weight excluding hydrogens is 218 g/mol. The van der Waals surface area contributed by atoms with Gasteiger partial charge in [-0.15, -0.1) is 0 Å². The van der Waals surface area contributed by atoms with Crippen LogP contribution in [0.3, 0.4) is 0 Å². The lowest BCUT2D eigenvalue weighted by molar-refractivity contribution is -0.138. The lowest BCUT2D eigenvalue weighted by Crippen LogP contribution is -2.23. The Morgan fingerprint density at radius 2 is 1.94 bits per heavy atom. The molecule has 0 bridgehead atoms. The highest BCUT2D eigenvalue weighted by Gasteiger charge is 2.30. The molecule has 1 rings (SSSR count). The third-order valence-electron chi connectivity index (χ3n) is 2.30. The van der Waals surface area contributed by atoms with Gasteiger partial charge >= 0.3 is 5.97 Å². The second-order valence-electron chi connectivity index (χ2n) is 4.24. The molecule has 0 amide bonds. The number of phenols is 1. The Hall–Kier alpha value is -1.65. The van der Waals surface area contributed by atoms with Gasteiger partial charge in [0.25, 0.3) is 0 Å². The first kappa shape index (κ1) is 12.4. The largest absolute Gasteiger partial charge is 0.507 e. The summed E-state index contributed by atoms with van der Waals surface area (Å²) in [5.74, 6) is -3.52. The van der Waals surface area contributed by atoms with E-state index < -0.39 is 28.8 Å². The maximum Gasteiger partial charge on any atom is 0.304 e. The van der Waals surface area contributed by atoms with Crippen molar-refractivity contribution in [2.75, 3.05) is 0 Å². The van der Waals surface area contributed by atoms with E-state index in [4.69, 9.17) is 5.11 Å². The van der Waals surface area contributed by atoms with Crippen LogP contribution >= 0.6 is 0 Å². The highest BCUT2D eigenvalue weighted by molar-refractivity contribution is 5.69. The minimum atomic E-state index is -1.12. The van der Waals surface area contributed by atoms with Crippen LogP contribution in [0.4, 0.5) is 8.78 Å². The van der Waals surface area contributed by atoms with Crippen LogP contribution in [0, 0.1) is 11.6 Å². The number of benzene rings is 1. The van der Waals surface area contributed by atoms with Gasteiger partial charge in [0.15, 0.2) is 0 Å². The number of rotatable bonds is 3. The summed E-state index contributed by atoms with van der Waals surface area (Å²) in [7, 11) is 0. The van der Waals surface area contributed by atoms with Crippen molar-refractivity contribution < 1.29 is 23.8 Å². The zero-order chi connectivity index (χ0) is 12.5. The van der Waals surface area contributed by atoms with Gasteiger partial charge in [-0.25, -0.2) is 8.78 Å². The van der Waals surface area contributed by atoms with E-state index in [-0.39, 0.29) is 12.0 Å². The van der Waals surface area contributed by atoms with Crippen LogP contribution in [0.1, 0.15) is 25.8 Å². The molecule has 88 valence electrons. The molecule has 0 radical (unpaired) electrons. The smallest absolute Gasteiger partial charge is 0.304 e. The zero-order valence-corrected chi connectivity index (χ0v) is 8.92. The Labute approximate surface area is 91.3 Å². The lowest BCUT2D eigenvalue weighted by Gasteiger charge is -2.24. The molecule has 0 aliphatic rings. The van der Waals surface area contributed by atoms with Crippen LogP contribution in [-0.2, 0) is 10.2 Å². The molecule has 0 unspecified atom stereocenters. The maximum absolute atomic E-state index is 13.5. The Morgan fingerprint density at radius 1 is 1.38 bits per heavy atom. The van der Waals surface area contributed by atoms with Crippen molar-refractivity contribution in [3.8, 4) is 5.75 Å². The van der Waals surface area contributed by atoms with Crippen molar-refractivity contribution in [3.63, 3.8) is 0 Å². The monoisotopic (exact) mass is 230 g/mol. The minimum absolute atomic E-state index is 0.184. The molecule has 5 heteroatoms. The van der Waals surface area contributed by atoms with Gasteiger partial charge in [-0.1, -0.05) is 13.8 Å². The third-order valence-corrected chi connectivity index (χ3v) is 2.30. The number of aromatic hydroxyl groups is 1. The van der Waals surface area contributed by atoms with Gasteiger partial charge in [-0.3, -0.25) is 4.79 Å². The van der Waals surface area contributed by atoms with Crippen molar-refractivity contribution in [1.29, 1.82) is 0 Å². The summed E-state index contributed by atoms with van der Waals surface area (Å²) in [6.07, 6.45) is -0.358. The van der Waals surface area contributed by atoms with Crippen LogP contribution in [0.15, 0.2) is 12.1 Å². The number of hydrogen-bond acceptors (Lipinski definition) is 2. The van der Waals surface area contributed by atoms with Crippen molar-refractivity contribution in [3.05, 3.63) is 29.3 Å². The summed E-state index contributed by atoms with van der Waals surface area (Å²) in [5, 5.41) is 18.1. The zero-order valence-electron chi connectivity index (χ0n) is 8.92. The summed E-state index contributed by atoms with van der Waals surface area (Å²) in [6, 6.07) is 1.39. The van der Waals surface area contributed by atoms with E-state index in [2.05, 4.69) is 0 Å². The van der Waals surface area contributed by atoms with Crippen molar-refractivity contribution in [2.24, 2.45) is 0 Å². The van der Waals surface area contributed by atoms with Gasteiger partial charge in [0, 0.05) is 23.1 Å². The van der Waals surface area contributed by atoms with Crippen LogP contribution in [-0.4, -0.2) is 16.2 Å². The molecule has 0 aliphatic heterocycles. The Morgan fingerprint density at radius 3 is 2.38 bits per heavy atom. The summed E-state index contributed by atoms with van der Waals surface area (Å²) in [4.78, 5) is 10.6.